The summed E-state index contributed by atoms with van der Waals surface area (Å²) in [7, 11) is 1.55. The third-order valence-corrected chi connectivity index (χ3v) is 9.13. The lowest BCUT2D eigenvalue weighted by Gasteiger charge is -2.49. The topological polar surface area (TPSA) is 97.4 Å². The molecule has 0 aromatic heterocycles. The maximum absolute atomic E-state index is 12.3. The van der Waals surface area contributed by atoms with Crippen molar-refractivity contribution in [1.29, 1.82) is 0 Å². The number of aryl methyl sites for hydroxylation is 1. The fraction of sp³-hybridized carbons (Fsp3) is 0.630. The first-order valence-corrected chi connectivity index (χ1v) is 15.0. The molecule has 7 nitrogen and oxygen atoms in total. The number of carbonyl (C=O) groups is 2. The lowest BCUT2D eigenvalue weighted by molar-refractivity contribution is -0.170. The van der Waals surface area contributed by atoms with Gasteiger partial charge in [0.05, 0.1) is 11.7 Å². The van der Waals surface area contributed by atoms with Crippen molar-refractivity contribution < 1.29 is 28.9 Å². The average molecular weight is 619 g/mol. The van der Waals surface area contributed by atoms with Gasteiger partial charge in [-0.25, -0.2) is 4.79 Å². The van der Waals surface area contributed by atoms with E-state index in [4.69, 9.17) is 25.8 Å². The number of aliphatic hydroxyl groups is 1. The summed E-state index contributed by atoms with van der Waals surface area (Å²) in [6.07, 6.45) is 2.38. The van der Waals surface area contributed by atoms with Crippen LogP contribution in [-0.4, -0.2) is 71.1 Å². The smallest absolute Gasteiger partial charge is 0.414 e. The van der Waals surface area contributed by atoms with Crippen LogP contribution in [0.25, 0.3) is 0 Å². The van der Waals surface area contributed by atoms with Gasteiger partial charge in [-0.15, -0.1) is 11.6 Å². The normalized spacial score (nSPS) is 30.9. The summed E-state index contributed by atoms with van der Waals surface area (Å²) in [6.45, 7) is 6.09. The number of allylic oxidation sites excluding steroid dienone is 1. The van der Waals surface area contributed by atoms with E-state index in [1.165, 1.54) is 11.1 Å². The molecule has 2 fully saturated rings. The highest BCUT2D eigenvalue weighted by Crippen LogP contribution is 2.55. The Morgan fingerprint density at radius 1 is 1.32 bits per heavy atom. The molecule has 206 valence electrons. The zero-order valence-electron chi connectivity index (χ0n) is 21.8. The number of thioether (sulfide) groups is 1. The molecule has 1 saturated carbocycles. The summed E-state index contributed by atoms with van der Waals surface area (Å²) < 4.78 is 18.7. The van der Waals surface area contributed by atoms with Crippen LogP contribution >= 0.6 is 39.3 Å². The van der Waals surface area contributed by atoms with Crippen LogP contribution in [-0.2, 0) is 25.4 Å². The van der Waals surface area contributed by atoms with Gasteiger partial charge < -0.3 is 19.3 Å². The fourth-order valence-electron chi connectivity index (χ4n) is 5.24. The van der Waals surface area contributed by atoms with E-state index in [0.717, 1.165) is 23.1 Å². The number of hydrogen-bond acceptors (Lipinski definition) is 7. The van der Waals surface area contributed by atoms with Gasteiger partial charge in [-0.1, -0.05) is 39.7 Å². The van der Waals surface area contributed by atoms with Crippen LogP contribution in [0.5, 0.6) is 0 Å². The highest BCUT2D eigenvalue weighted by atomic mass is 79.9. The second-order valence-corrected chi connectivity index (χ2v) is 12.5. The molecule has 1 aliphatic carbocycles. The first-order valence-electron chi connectivity index (χ1n) is 12.5. The first-order chi connectivity index (χ1) is 17.5. The minimum Gasteiger partial charge on any atom is -0.443 e. The Morgan fingerprint density at radius 2 is 2.03 bits per heavy atom. The number of amides is 2. The van der Waals surface area contributed by atoms with E-state index in [0.29, 0.717) is 18.6 Å². The van der Waals surface area contributed by atoms with Gasteiger partial charge >= 0.3 is 6.09 Å². The lowest BCUT2D eigenvalue weighted by Crippen LogP contribution is -2.61. The number of benzene rings is 1. The Bertz CT molecular complexity index is 974. The number of alkyl halides is 1. The highest BCUT2D eigenvalue weighted by molar-refractivity contribution is 9.10. The molecular weight excluding hydrogens is 582 g/mol. The minimum absolute atomic E-state index is 0.0743. The molecule has 2 N–H and O–H groups in total. The molecule has 6 atom stereocenters. The van der Waals surface area contributed by atoms with E-state index < -0.39 is 41.3 Å². The first kappa shape index (κ1) is 30.4. The number of epoxide rings is 1. The molecule has 0 bridgehead atoms. The lowest BCUT2D eigenvalue weighted by atomic mass is 9.66. The Morgan fingerprint density at radius 3 is 2.65 bits per heavy atom. The van der Waals surface area contributed by atoms with Crippen LogP contribution in [0, 0.1) is 5.92 Å². The van der Waals surface area contributed by atoms with Crippen molar-refractivity contribution in [3.05, 3.63) is 46.0 Å². The highest BCUT2D eigenvalue weighted by Gasteiger charge is 2.67. The fourth-order valence-corrected chi connectivity index (χ4v) is 6.78. The molecule has 1 aromatic rings. The number of methoxy groups -OCH3 is 1. The predicted octanol–water partition coefficient (Wildman–Crippen LogP) is 5.25. The Hall–Kier alpha value is -1.10. The molecule has 1 aromatic carbocycles. The van der Waals surface area contributed by atoms with Gasteiger partial charge in [-0.2, -0.15) is 11.8 Å². The van der Waals surface area contributed by atoms with Crippen LogP contribution in [0.1, 0.15) is 45.6 Å². The Labute approximate surface area is 237 Å². The number of carbonyl (C=O) groups excluding carboxylic acids is 2. The molecule has 3 rings (SSSR count). The van der Waals surface area contributed by atoms with Crippen molar-refractivity contribution in [3.8, 4) is 0 Å². The standard InChI is InChI=1S/C27H37BrClNO6S/c1-17(2)5-10-21-26(3,36-21)24-23(34-4)20(35-25(32)30-22(31)15-29)11-13-27(24,33)16-37-14-12-18-6-8-19(28)9-7-18/h5-9,20-21,23-24,33H,10-16H2,1-4H3,(H,30,31,32). The van der Waals surface area contributed by atoms with Crippen LogP contribution in [0.15, 0.2) is 40.4 Å². The van der Waals surface area contributed by atoms with Crippen LogP contribution < -0.4 is 5.32 Å². The molecule has 1 aliphatic heterocycles. The largest absolute Gasteiger partial charge is 0.443 e. The number of ether oxygens (including phenoxy) is 3. The summed E-state index contributed by atoms with van der Waals surface area (Å²) in [6, 6.07) is 8.25. The quantitative estimate of drug-likeness (QED) is 0.151. The number of imide groups is 1. The molecule has 2 aliphatic rings. The molecule has 2 amide bonds. The van der Waals surface area contributed by atoms with Gasteiger partial charge in [-0.3, -0.25) is 10.1 Å². The molecule has 10 heteroatoms. The Balaban J connectivity index is 1.74. The summed E-state index contributed by atoms with van der Waals surface area (Å²) >= 11 is 10.7. The van der Waals surface area contributed by atoms with E-state index in [1.807, 2.05) is 32.9 Å². The van der Waals surface area contributed by atoms with Crippen LogP contribution in [0.2, 0.25) is 0 Å². The maximum atomic E-state index is 12.3. The second kappa shape index (κ2) is 13.3. The van der Waals surface area contributed by atoms with Crippen molar-refractivity contribution in [2.75, 3.05) is 24.5 Å². The number of nitrogens with one attached hydrogen (secondary N) is 1. The SMILES string of the molecule is COC1C(OC(=O)NC(=O)CCl)CCC(O)(CSCCc2ccc(Br)cc2)C1C1(C)OC1CC=C(C)C. The van der Waals surface area contributed by atoms with E-state index in [1.54, 1.807) is 18.9 Å². The molecule has 37 heavy (non-hydrogen) atoms. The van der Waals surface area contributed by atoms with E-state index in [-0.39, 0.29) is 12.0 Å². The minimum atomic E-state index is -1.08. The summed E-state index contributed by atoms with van der Waals surface area (Å²) in [5.41, 5.74) is 0.716. The second-order valence-electron chi connectivity index (χ2n) is 10.2. The molecule has 1 heterocycles. The predicted molar refractivity (Wildman–Crippen MR) is 150 cm³/mol. The van der Waals surface area contributed by atoms with Gasteiger partial charge in [0.15, 0.2) is 0 Å². The summed E-state index contributed by atoms with van der Waals surface area (Å²) in [5.74, 6) is -0.0465. The van der Waals surface area contributed by atoms with Gasteiger partial charge in [0.1, 0.15) is 23.7 Å². The van der Waals surface area contributed by atoms with E-state index >= 15 is 0 Å². The number of halogens is 2. The number of rotatable bonds is 11. The van der Waals surface area contributed by atoms with E-state index in [2.05, 4.69) is 39.5 Å². The van der Waals surface area contributed by atoms with Crippen molar-refractivity contribution in [2.45, 2.75) is 76.0 Å². The number of alkyl carbamates (subject to hydrolysis) is 1. The zero-order chi connectivity index (χ0) is 27.2. The van der Waals surface area contributed by atoms with Gasteiger partial charge in [0, 0.05) is 23.3 Å². The van der Waals surface area contributed by atoms with E-state index in [9.17, 15) is 14.7 Å². The van der Waals surface area contributed by atoms with Gasteiger partial charge in [-0.05, 0) is 69.9 Å². The molecule has 0 radical (unpaired) electrons. The van der Waals surface area contributed by atoms with Crippen molar-refractivity contribution in [2.24, 2.45) is 5.92 Å². The van der Waals surface area contributed by atoms with Gasteiger partial charge in [0.25, 0.3) is 0 Å². The summed E-state index contributed by atoms with van der Waals surface area (Å²) in [4.78, 5) is 23.8. The molecule has 6 unspecified atom stereocenters. The molecular formula is C27H37BrClNO6S. The van der Waals surface area contributed by atoms with Crippen LogP contribution in [0.4, 0.5) is 4.79 Å². The molecule has 0 spiro atoms. The maximum Gasteiger partial charge on any atom is 0.414 e. The molecule has 1 saturated heterocycles. The Kier molecular flexibility index (Phi) is 10.9. The van der Waals surface area contributed by atoms with Crippen LogP contribution in [0.3, 0.4) is 0 Å². The third kappa shape index (κ3) is 7.96. The van der Waals surface area contributed by atoms with Crippen molar-refractivity contribution in [1.82, 2.24) is 5.32 Å². The summed E-state index contributed by atoms with van der Waals surface area (Å²) in [5, 5.41) is 14.2. The van der Waals surface area contributed by atoms with Crippen molar-refractivity contribution >= 4 is 51.3 Å². The third-order valence-electron chi connectivity index (χ3n) is 7.17. The average Bonchev–Trinajstić information content (AvgIpc) is 3.52. The zero-order valence-corrected chi connectivity index (χ0v) is 25.0. The monoisotopic (exact) mass is 617 g/mol. The number of hydrogen-bond donors (Lipinski definition) is 2. The van der Waals surface area contributed by atoms with Crippen molar-refractivity contribution in [3.63, 3.8) is 0 Å². The van der Waals surface area contributed by atoms with Gasteiger partial charge in [0.2, 0.25) is 5.91 Å².